The van der Waals surface area contributed by atoms with Crippen molar-refractivity contribution in [3.8, 4) is 6.01 Å². The smallest absolute Gasteiger partial charge is 0.320 e. The number of unbranched alkanes of at least 4 members (excludes halogenated alkanes) is 3. The van der Waals surface area contributed by atoms with Gasteiger partial charge in [-0.25, -0.2) is 0 Å². The van der Waals surface area contributed by atoms with Crippen molar-refractivity contribution < 1.29 is 19.4 Å². The van der Waals surface area contributed by atoms with Crippen molar-refractivity contribution in [1.29, 1.82) is 0 Å². The summed E-state index contributed by atoms with van der Waals surface area (Å²) >= 11 is 0. The number of amides is 1. The summed E-state index contributed by atoms with van der Waals surface area (Å²) in [6.45, 7) is 6.78. The molecule has 1 fully saturated rings. The highest BCUT2D eigenvalue weighted by atomic mass is 16.5. The average molecular weight is 422 g/mol. The number of ether oxygens (including phenoxy) is 1. The summed E-state index contributed by atoms with van der Waals surface area (Å²) in [5.74, 6) is 1.08. The molecule has 0 atom stereocenters. The summed E-state index contributed by atoms with van der Waals surface area (Å²) in [6, 6.07) is 0.282. The quantitative estimate of drug-likeness (QED) is 0.436. The van der Waals surface area contributed by atoms with Gasteiger partial charge in [0.2, 0.25) is 5.91 Å². The van der Waals surface area contributed by atoms with Crippen LogP contribution in [0.3, 0.4) is 0 Å². The van der Waals surface area contributed by atoms with Crippen molar-refractivity contribution in [2.45, 2.75) is 64.7 Å². The molecular weight excluding hydrogens is 386 g/mol. The summed E-state index contributed by atoms with van der Waals surface area (Å²) < 4.78 is 5.60. The van der Waals surface area contributed by atoms with Gasteiger partial charge >= 0.3 is 6.01 Å². The van der Waals surface area contributed by atoms with Gasteiger partial charge in [0.25, 0.3) is 6.47 Å². The Kier molecular flexibility index (Phi) is 10.3. The highest BCUT2D eigenvalue weighted by Crippen LogP contribution is 2.32. The van der Waals surface area contributed by atoms with E-state index in [0.717, 1.165) is 31.2 Å². The lowest BCUT2D eigenvalue weighted by molar-refractivity contribution is -0.123. The molecule has 0 radical (unpaired) electrons. The fraction of sp³-hybridized carbons (Fsp3) is 0.714. The number of likely N-dealkylation sites (tertiary alicyclic amines) is 1. The zero-order valence-corrected chi connectivity index (χ0v) is 18.0. The van der Waals surface area contributed by atoms with Crippen molar-refractivity contribution in [2.24, 2.45) is 0 Å². The van der Waals surface area contributed by atoms with Gasteiger partial charge in [-0.2, -0.15) is 9.97 Å². The number of aromatic nitrogens is 2. The molecular formula is C21H35N5O4. The van der Waals surface area contributed by atoms with Crippen molar-refractivity contribution >= 4 is 24.0 Å². The molecule has 2 aliphatic heterocycles. The molecule has 0 spiro atoms. The summed E-state index contributed by atoms with van der Waals surface area (Å²) in [4.78, 5) is 33.8. The van der Waals surface area contributed by atoms with E-state index in [2.05, 4.69) is 21.8 Å². The number of carbonyl (C=O) groups excluding carboxylic acids is 1. The zero-order valence-electron chi connectivity index (χ0n) is 18.0. The van der Waals surface area contributed by atoms with Crippen LogP contribution >= 0.6 is 0 Å². The number of hydrogen-bond acceptors (Lipinski definition) is 7. The Morgan fingerprint density at radius 1 is 1.10 bits per heavy atom. The van der Waals surface area contributed by atoms with E-state index in [1.165, 1.54) is 45.3 Å². The highest BCUT2D eigenvalue weighted by molar-refractivity contribution is 6.01. The number of rotatable bonds is 10. The Labute approximate surface area is 178 Å². The van der Waals surface area contributed by atoms with Crippen LogP contribution in [0.4, 0.5) is 11.6 Å². The fourth-order valence-electron chi connectivity index (χ4n) is 3.79. The van der Waals surface area contributed by atoms with Crippen LogP contribution in [-0.4, -0.2) is 65.1 Å². The molecule has 1 saturated heterocycles. The van der Waals surface area contributed by atoms with Gasteiger partial charge in [0, 0.05) is 12.1 Å². The molecule has 0 aliphatic carbocycles. The first-order valence-electron chi connectivity index (χ1n) is 11.0. The van der Waals surface area contributed by atoms with E-state index >= 15 is 0 Å². The molecule has 1 aromatic rings. The molecule has 0 aromatic carbocycles. The summed E-state index contributed by atoms with van der Waals surface area (Å²) in [6.07, 6.45) is 9.62. The van der Waals surface area contributed by atoms with Gasteiger partial charge in [-0.15, -0.1) is 0 Å². The van der Waals surface area contributed by atoms with E-state index in [0.29, 0.717) is 31.2 Å². The summed E-state index contributed by atoms with van der Waals surface area (Å²) in [5.41, 5.74) is 6.79. The predicted octanol–water partition coefficient (Wildman–Crippen LogP) is 2.48. The number of carboxylic acid groups (broad SMARTS) is 1. The molecule has 3 rings (SSSR count). The molecule has 0 bridgehead atoms. The number of anilines is 2. The van der Waals surface area contributed by atoms with Crippen LogP contribution in [-0.2, 0) is 16.0 Å². The van der Waals surface area contributed by atoms with Gasteiger partial charge < -0.3 is 20.5 Å². The van der Waals surface area contributed by atoms with Gasteiger partial charge in [-0.1, -0.05) is 26.2 Å². The lowest BCUT2D eigenvalue weighted by Gasteiger charge is -2.26. The van der Waals surface area contributed by atoms with Gasteiger partial charge in [0.15, 0.2) is 0 Å². The van der Waals surface area contributed by atoms with Crippen LogP contribution in [0.15, 0.2) is 0 Å². The molecule has 1 aromatic heterocycles. The molecule has 0 saturated carbocycles. The standard InChI is InChI=1S/C20H33N5O2.CH2O2/c1-2-3-14-27-20-22-18(21)16-15-17(26)25(19(16)23-20)13-9-5-8-12-24-10-6-4-7-11-24;2-1-3/h2-15H2,1H3,(H2,21,22,23);1H,(H,2,3). The average Bonchev–Trinajstić information content (AvgIpc) is 3.05. The topological polar surface area (TPSA) is 122 Å². The SMILES string of the molecule is CCCCOc1nc(N)c2c(n1)N(CCCCCN1CCCCC1)C(=O)C2.O=CO. The van der Waals surface area contributed by atoms with Crippen LogP contribution < -0.4 is 15.4 Å². The minimum atomic E-state index is -0.250. The number of nitrogens with two attached hydrogens (primary N) is 1. The summed E-state index contributed by atoms with van der Waals surface area (Å²) in [7, 11) is 0. The van der Waals surface area contributed by atoms with Crippen LogP contribution in [0.1, 0.15) is 63.9 Å². The Balaban J connectivity index is 0.00000101. The number of carbonyl (C=O) groups is 2. The van der Waals surface area contributed by atoms with Gasteiger partial charge in [-0.3, -0.25) is 14.5 Å². The second-order valence-corrected chi connectivity index (χ2v) is 7.69. The summed E-state index contributed by atoms with van der Waals surface area (Å²) in [5, 5.41) is 6.89. The van der Waals surface area contributed by atoms with Crippen LogP contribution in [0.25, 0.3) is 0 Å². The molecule has 9 nitrogen and oxygen atoms in total. The predicted molar refractivity (Wildman–Crippen MR) is 116 cm³/mol. The number of fused-ring (bicyclic) bond motifs is 1. The number of piperidine rings is 1. The van der Waals surface area contributed by atoms with Gasteiger partial charge in [0.1, 0.15) is 11.6 Å². The number of nitrogen functional groups attached to an aromatic ring is 1. The minimum absolute atomic E-state index is 0.0627. The first kappa shape index (κ1) is 23.9. The monoisotopic (exact) mass is 421 g/mol. The lowest BCUT2D eigenvalue weighted by Crippen LogP contribution is -2.31. The number of nitrogens with zero attached hydrogens (tertiary/aromatic N) is 4. The Bertz CT molecular complexity index is 680. The van der Waals surface area contributed by atoms with E-state index in [-0.39, 0.29) is 18.4 Å². The number of hydrogen-bond donors (Lipinski definition) is 2. The van der Waals surface area contributed by atoms with Crippen LogP contribution in [0.2, 0.25) is 0 Å². The van der Waals surface area contributed by atoms with Crippen molar-refractivity contribution in [3.63, 3.8) is 0 Å². The van der Waals surface area contributed by atoms with Crippen LogP contribution in [0.5, 0.6) is 6.01 Å². The molecule has 3 N–H and O–H groups in total. The second-order valence-electron chi connectivity index (χ2n) is 7.69. The maximum absolute atomic E-state index is 12.4. The first-order valence-corrected chi connectivity index (χ1v) is 11.0. The maximum atomic E-state index is 12.4. The first-order chi connectivity index (χ1) is 14.6. The third kappa shape index (κ3) is 7.12. The van der Waals surface area contributed by atoms with Gasteiger partial charge in [0.05, 0.1) is 13.0 Å². The Hall–Kier alpha value is -2.42. The maximum Gasteiger partial charge on any atom is 0.320 e. The Morgan fingerprint density at radius 3 is 2.50 bits per heavy atom. The third-order valence-electron chi connectivity index (χ3n) is 5.42. The van der Waals surface area contributed by atoms with E-state index in [1.807, 2.05) is 0 Å². The third-order valence-corrected chi connectivity index (χ3v) is 5.42. The molecule has 2 aliphatic rings. The molecule has 9 heteroatoms. The van der Waals surface area contributed by atoms with Crippen molar-refractivity contribution in [3.05, 3.63) is 5.56 Å². The molecule has 1 amide bonds. The second kappa shape index (κ2) is 13.0. The molecule has 0 unspecified atom stereocenters. The highest BCUT2D eigenvalue weighted by Gasteiger charge is 2.31. The lowest BCUT2D eigenvalue weighted by atomic mass is 10.1. The largest absolute Gasteiger partial charge is 0.483 e. The fourth-order valence-corrected chi connectivity index (χ4v) is 3.79. The zero-order chi connectivity index (χ0) is 21.8. The van der Waals surface area contributed by atoms with E-state index in [4.69, 9.17) is 20.4 Å². The molecule has 168 valence electrons. The Morgan fingerprint density at radius 2 is 1.80 bits per heavy atom. The van der Waals surface area contributed by atoms with E-state index < -0.39 is 0 Å². The van der Waals surface area contributed by atoms with Crippen LogP contribution in [0, 0.1) is 0 Å². The van der Waals surface area contributed by atoms with Gasteiger partial charge in [-0.05, 0) is 51.7 Å². The molecule has 30 heavy (non-hydrogen) atoms. The molecule has 3 heterocycles. The van der Waals surface area contributed by atoms with E-state index in [1.54, 1.807) is 4.90 Å². The normalized spacial score (nSPS) is 16.0. The van der Waals surface area contributed by atoms with Crippen molar-refractivity contribution in [2.75, 3.05) is 43.4 Å². The van der Waals surface area contributed by atoms with E-state index in [9.17, 15) is 4.79 Å². The van der Waals surface area contributed by atoms with Crippen molar-refractivity contribution in [1.82, 2.24) is 14.9 Å². The minimum Gasteiger partial charge on any atom is -0.483 e.